The molecule has 0 aromatic rings. The van der Waals surface area contributed by atoms with Crippen LogP contribution in [-0.4, -0.2) is 25.3 Å². The molecule has 0 amide bonds. The summed E-state index contributed by atoms with van der Waals surface area (Å²) in [4.78, 5) is 11.4. The minimum absolute atomic E-state index is 0.143. The molecule has 0 bridgehead atoms. The maximum absolute atomic E-state index is 11.4. The fourth-order valence-corrected chi connectivity index (χ4v) is 1.89. The number of carbonyl (C=O) groups excluding carboxylic acids is 1. The molecule has 0 spiro atoms. The van der Waals surface area contributed by atoms with E-state index < -0.39 is 5.60 Å². The zero-order valence-corrected chi connectivity index (χ0v) is 8.47. The summed E-state index contributed by atoms with van der Waals surface area (Å²) >= 11 is 0. The second-order valence-corrected chi connectivity index (χ2v) is 3.66. The van der Waals surface area contributed by atoms with Crippen molar-refractivity contribution >= 4 is 5.78 Å². The summed E-state index contributed by atoms with van der Waals surface area (Å²) in [6, 6.07) is 0. The highest BCUT2D eigenvalue weighted by Gasteiger charge is 2.37. The summed E-state index contributed by atoms with van der Waals surface area (Å²) in [5.41, 5.74) is -0.533. The van der Waals surface area contributed by atoms with Crippen molar-refractivity contribution < 1.29 is 14.3 Å². The van der Waals surface area contributed by atoms with Gasteiger partial charge in [-0.1, -0.05) is 19.3 Å². The Labute approximate surface area is 79.4 Å². The molecule has 1 rings (SSSR count). The summed E-state index contributed by atoms with van der Waals surface area (Å²) in [6.07, 6.45) is 5.09. The maximum Gasteiger partial charge on any atom is 0.161 e. The number of hydrogen-bond acceptors (Lipinski definition) is 3. The molecule has 13 heavy (non-hydrogen) atoms. The lowest BCUT2D eigenvalue weighted by atomic mass is 9.82. The number of ether oxygens (including phenoxy) is 2. The third-order valence-electron chi connectivity index (χ3n) is 2.76. The molecule has 1 aliphatic carbocycles. The Morgan fingerprint density at radius 1 is 1.31 bits per heavy atom. The zero-order valence-electron chi connectivity index (χ0n) is 8.47. The van der Waals surface area contributed by atoms with Gasteiger partial charge in [-0.2, -0.15) is 0 Å². The first-order valence-electron chi connectivity index (χ1n) is 4.85. The van der Waals surface area contributed by atoms with E-state index in [1.807, 2.05) is 0 Å². The summed E-state index contributed by atoms with van der Waals surface area (Å²) in [7, 11) is 1.58. The number of Topliss-reactive ketones (excluding diaryl/α,β-unsaturated/α-hetero) is 1. The van der Waals surface area contributed by atoms with Crippen molar-refractivity contribution in [1.82, 2.24) is 0 Å². The van der Waals surface area contributed by atoms with Gasteiger partial charge in [0, 0.05) is 7.11 Å². The number of carbonyl (C=O) groups is 1. The van der Waals surface area contributed by atoms with Crippen LogP contribution in [0.15, 0.2) is 0 Å². The molecular weight excluding hydrogens is 168 g/mol. The fourth-order valence-electron chi connectivity index (χ4n) is 1.89. The van der Waals surface area contributed by atoms with Crippen LogP contribution in [0.1, 0.15) is 39.0 Å². The van der Waals surface area contributed by atoms with Crippen LogP contribution in [0, 0.1) is 0 Å². The van der Waals surface area contributed by atoms with Gasteiger partial charge in [-0.05, 0) is 19.8 Å². The standard InChI is InChI=1S/C10H18O3/c1-9(11)10(13-8-12-2)6-4-3-5-7-10/h3-8H2,1-2H3. The molecule has 1 saturated carbocycles. The molecule has 1 aliphatic rings. The van der Waals surface area contributed by atoms with Gasteiger partial charge in [0.1, 0.15) is 12.4 Å². The van der Waals surface area contributed by atoms with Gasteiger partial charge in [0.05, 0.1) is 0 Å². The average molecular weight is 186 g/mol. The minimum Gasteiger partial charge on any atom is -0.359 e. The highest BCUT2D eigenvalue weighted by atomic mass is 16.7. The molecule has 0 aliphatic heterocycles. The molecule has 0 N–H and O–H groups in total. The third-order valence-corrected chi connectivity index (χ3v) is 2.76. The Morgan fingerprint density at radius 2 is 1.92 bits per heavy atom. The van der Waals surface area contributed by atoms with Gasteiger partial charge in [-0.25, -0.2) is 0 Å². The number of methoxy groups -OCH3 is 1. The predicted molar refractivity (Wildman–Crippen MR) is 49.5 cm³/mol. The lowest BCUT2D eigenvalue weighted by molar-refractivity contribution is -0.168. The van der Waals surface area contributed by atoms with E-state index in [2.05, 4.69) is 0 Å². The van der Waals surface area contributed by atoms with Crippen molar-refractivity contribution in [3.05, 3.63) is 0 Å². The van der Waals surface area contributed by atoms with Crippen molar-refractivity contribution in [2.24, 2.45) is 0 Å². The second-order valence-electron chi connectivity index (χ2n) is 3.66. The molecule has 76 valence electrons. The van der Waals surface area contributed by atoms with E-state index in [0.29, 0.717) is 0 Å². The predicted octanol–water partition coefficient (Wildman–Crippen LogP) is 1.90. The van der Waals surface area contributed by atoms with Crippen LogP contribution in [0.25, 0.3) is 0 Å². The van der Waals surface area contributed by atoms with Gasteiger partial charge in [0.25, 0.3) is 0 Å². The quantitative estimate of drug-likeness (QED) is 0.629. The van der Waals surface area contributed by atoms with E-state index in [0.717, 1.165) is 25.7 Å². The van der Waals surface area contributed by atoms with E-state index in [1.165, 1.54) is 6.42 Å². The van der Waals surface area contributed by atoms with Crippen molar-refractivity contribution in [3.63, 3.8) is 0 Å². The van der Waals surface area contributed by atoms with Crippen molar-refractivity contribution in [3.8, 4) is 0 Å². The van der Waals surface area contributed by atoms with E-state index >= 15 is 0 Å². The Morgan fingerprint density at radius 3 is 2.38 bits per heavy atom. The van der Waals surface area contributed by atoms with Crippen molar-refractivity contribution in [2.45, 2.75) is 44.6 Å². The zero-order chi connectivity index (χ0) is 9.73. The van der Waals surface area contributed by atoms with Gasteiger partial charge in [-0.15, -0.1) is 0 Å². The van der Waals surface area contributed by atoms with Crippen LogP contribution in [0.4, 0.5) is 0 Å². The van der Waals surface area contributed by atoms with Gasteiger partial charge in [0.2, 0.25) is 0 Å². The van der Waals surface area contributed by atoms with Crippen LogP contribution in [0.5, 0.6) is 0 Å². The number of ketones is 1. The number of hydrogen-bond donors (Lipinski definition) is 0. The molecule has 0 unspecified atom stereocenters. The van der Waals surface area contributed by atoms with Gasteiger partial charge < -0.3 is 9.47 Å². The lowest BCUT2D eigenvalue weighted by Gasteiger charge is -2.34. The van der Waals surface area contributed by atoms with E-state index in [4.69, 9.17) is 9.47 Å². The van der Waals surface area contributed by atoms with Crippen molar-refractivity contribution in [2.75, 3.05) is 13.9 Å². The number of rotatable bonds is 4. The topological polar surface area (TPSA) is 35.5 Å². The van der Waals surface area contributed by atoms with E-state index in [-0.39, 0.29) is 12.6 Å². The largest absolute Gasteiger partial charge is 0.359 e. The van der Waals surface area contributed by atoms with E-state index in [1.54, 1.807) is 14.0 Å². The Kier molecular flexibility index (Phi) is 3.88. The molecule has 0 aromatic carbocycles. The van der Waals surface area contributed by atoms with Crippen LogP contribution in [-0.2, 0) is 14.3 Å². The highest BCUT2D eigenvalue weighted by molar-refractivity contribution is 5.85. The summed E-state index contributed by atoms with van der Waals surface area (Å²) in [6.45, 7) is 1.83. The normalized spacial score (nSPS) is 21.4. The molecule has 0 heterocycles. The molecule has 0 radical (unpaired) electrons. The van der Waals surface area contributed by atoms with Gasteiger partial charge in [0.15, 0.2) is 5.78 Å². The highest BCUT2D eigenvalue weighted by Crippen LogP contribution is 2.32. The molecule has 0 saturated heterocycles. The maximum atomic E-state index is 11.4. The van der Waals surface area contributed by atoms with Gasteiger partial charge >= 0.3 is 0 Å². The van der Waals surface area contributed by atoms with Crippen molar-refractivity contribution in [1.29, 1.82) is 0 Å². The molecule has 1 fully saturated rings. The summed E-state index contributed by atoms with van der Waals surface area (Å²) < 4.78 is 10.4. The lowest BCUT2D eigenvalue weighted by Crippen LogP contribution is -2.42. The Bertz CT molecular complexity index is 171. The molecule has 0 atom stereocenters. The van der Waals surface area contributed by atoms with Crippen LogP contribution < -0.4 is 0 Å². The molecule has 0 aromatic heterocycles. The van der Waals surface area contributed by atoms with Crippen LogP contribution in [0.2, 0.25) is 0 Å². The monoisotopic (exact) mass is 186 g/mol. The minimum atomic E-state index is -0.533. The first kappa shape index (κ1) is 10.7. The van der Waals surface area contributed by atoms with Gasteiger partial charge in [-0.3, -0.25) is 4.79 Å². The molecule has 3 heteroatoms. The van der Waals surface area contributed by atoms with Crippen LogP contribution in [0.3, 0.4) is 0 Å². The molecular formula is C10H18O3. The second kappa shape index (κ2) is 4.72. The SMILES string of the molecule is COCOC1(C(C)=O)CCCCC1. The first-order chi connectivity index (χ1) is 6.21. The fraction of sp³-hybridized carbons (Fsp3) is 0.900. The first-order valence-corrected chi connectivity index (χ1v) is 4.85. The third kappa shape index (κ3) is 2.51. The summed E-state index contributed by atoms with van der Waals surface area (Å²) in [5, 5.41) is 0. The molecule has 3 nitrogen and oxygen atoms in total. The van der Waals surface area contributed by atoms with E-state index in [9.17, 15) is 4.79 Å². The average Bonchev–Trinajstić information content (AvgIpc) is 2.16. The Hall–Kier alpha value is -0.410. The smallest absolute Gasteiger partial charge is 0.161 e. The Balaban J connectivity index is 2.56. The summed E-state index contributed by atoms with van der Waals surface area (Å²) in [5.74, 6) is 0.143. The van der Waals surface area contributed by atoms with Crippen LogP contribution >= 0.6 is 0 Å².